The van der Waals surface area contributed by atoms with E-state index in [1.165, 1.54) is 69.8 Å². The van der Waals surface area contributed by atoms with Gasteiger partial charge in [-0.15, -0.1) is 11.3 Å². The zero-order valence-electron chi connectivity index (χ0n) is 30.8. The Morgan fingerprint density at radius 1 is 0.596 bits per heavy atom. The summed E-state index contributed by atoms with van der Waals surface area (Å²) in [7, 11) is 0. The molecule has 0 fully saturated rings. The van der Waals surface area contributed by atoms with E-state index >= 15 is 0 Å². The molecule has 1 N–H and O–H groups in total. The molecule has 1 aliphatic heterocycles. The van der Waals surface area contributed by atoms with Crippen LogP contribution in [0.15, 0.2) is 184 Å². The summed E-state index contributed by atoms with van der Waals surface area (Å²) in [5.74, 6) is 2.59. The number of nitrogens with one attached hydrogen (secondary N) is 1. The number of hydrogen-bond donors (Lipinski definition) is 1. The first-order valence-corrected chi connectivity index (χ1v) is 20.3. The molecule has 0 amide bonds. The fourth-order valence-electron chi connectivity index (χ4n) is 9.02. The van der Waals surface area contributed by atoms with Gasteiger partial charge in [0.15, 0.2) is 5.84 Å². The number of allylic oxidation sites excluding steroid dienone is 1. The van der Waals surface area contributed by atoms with Crippen LogP contribution in [0.25, 0.3) is 69.8 Å². The Morgan fingerprint density at radius 3 is 1.96 bits per heavy atom. The molecule has 0 spiro atoms. The van der Waals surface area contributed by atoms with Crippen molar-refractivity contribution in [1.29, 1.82) is 0 Å². The molecule has 3 aromatic heterocycles. The first kappa shape index (κ1) is 32.2. The lowest BCUT2D eigenvalue weighted by molar-refractivity contribution is 0.544. The van der Waals surface area contributed by atoms with Crippen LogP contribution >= 0.6 is 11.3 Å². The van der Waals surface area contributed by atoms with E-state index in [4.69, 9.17) is 14.4 Å². The zero-order chi connectivity index (χ0) is 37.5. The van der Waals surface area contributed by atoms with Crippen LogP contribution < -0.4 is 5.32 Å². The summed E-state index contributed by atoms with van der Waals surface area (Å²) in [5.41, 5.74) is 11.3. The zero-order valence-corrected chi connectivity index (χ0v) is 31.6. The van der Waals surface area contributed by atoms with E-state index in [0.717, 1.165) is 52.5 Å². The molecule has 5 nitrogen and oxygen atoms in total. The third kappa shape index (κ3) is 5.00. The highest BCUT2D eigenvalue weighted by Crippen LogP contribution is 2.47. The molecule has 0 radical (unpaired) electrons. The van der Waals surface area contributed by atoms with Crippen molar-refractivity contribution in [2.75, 3.05) is 0 Å². The smallest absolute Gasteiger partial charge is 0.159 e. The van der Waals surface area contributed by atoms with Gasteiger partial charge in [0.2, 0.25) is 0 Å². The average Bonchev–Trinajstić information content (AvgIpc) is 3.97. The van der Waals surface area contributed by atoms with Gasteiger partial charge in [-0.05, 0) is 41.8 Å². The Morgan fingerprint density at radius 2 is 1.21 bits per heavy atom. The SMILES string of the molecule is C1=C(n2c3ccccc3c3ccccc32)c2c(oc3cccc(-c4cccc5c4sc4c(C6=NC(c7ccccc7)=NC(c7ccccc7)N6)cccc45)c23)CC1. The molecule has 0 bridgehead atoms. The Labute approximate surface area is 332 Å². The van der Waals surface area contributed by atoms with Crippen LogP contribution in [-0.2, 0) is 6.42 Å². The molecule has 270 valence electrons. The molecular weight excluding hydrogens is 717 g/mol. The van der Waals surface area contributed by atoms with E-state index < -0.39 is 0 Å². The molecule has 1 aliphatic carbocycles. The average molecular weight is 751 g/mol. The van der Waals surface area contributed by atoms with E-state index in [-0.39, 0.29) is 6.17 Å². The van der Waals surface area contributed by atoms with E-state index in [0.29, 0.717) is 0 Å². The van der Waals surface area contributed by atoms with Crippen LogP contribution in [0.4, 0.5) is 0 Å². The number of benzene rings is 7. The van der Waals surface area contributed by atoms with Crippen LogP contribution in [0.3, 0.4) is 0 Å². The quantitative estimate of drug-likeness (QED) is 0.190. The van der Waals surface area contributed by atoms with Gasteiger partial charge in [-0.2, -0.15) is 0 Å². The van der Waals surface area contributed by atoms with Crippen molar-refractivity contribution >= 4 is 81.7 Å². The minimum absolute atomic E-state index is 0.268. The lowest BCUT2D eigenvalue weighted by Crippen LogP contribution is -2.33. The number of amidine groups is 2. The fraction of sp³-hybridized carbons (Fsp3) is 0.0588. The highest BCUT2D eigenvalue weighted by atomic mass is 32.1. The molecule has 4 heterocycles. The maximum atomic E-state index is 6.78. The molecule has 7 aromatic carbocycles. The Kier molecular flexibility index (Phi) is 7.22. The Hall–Kier alpha value is -7.02. The fourth-order valence-corrected chi connectivity index (χ4v) is 10.4. The number of aliphatic imine (C=N–C) groups is 2. The highest BCUT2D eigenvalue weighted by Gasteiger charge is 2.28. The third-order valence-electron chi connectivity index (χ3n) is 11.5. The minimum atomic E-state index is -0.268. The number of furan rings is 1. The van der Waals surface area contributed by atoms with Crippen molar-refractivity contribution in [3.05, 3.63) is 198 Å². The van der Waals surface area contributed by atoms with E-state index in [1.807, 2.05) is 35.6 Å². The Bertz CT molecular complexity index is 3270. The van der Waals surface area contributed by atoms with Gasteiger partial charge in [0, 0.05) is 65.0 Å². The van der Waals surface area contributed by atoms with Crippen LogP contribution in [0.1, 0.15) is 40.6 Å². The van der Waals surface area contributed by atoms with E-state index in [9.17, 15) is 0 Å². The lowest BCUT2D eigenvalue weighted by Gasteiger charge is -2.24. The minimum Gasteiger partial charge on any atom is -0.460 e. The highest BCUT2D eigenvalue weighted by molar-refractivity contribution is 7.26. The van der Waals surface area contributed by atoms with Gasteiger partial charge in [0.05, 0.1) is 16.7 Å². The number of fused-ring (bicyclic) bond motifs is 9. The first-order valence-electron chi connectivity index (χ1n) is 19.5. The summed E-state index contributed by atoms with van der Waals surface area (Å²) in [6.07, 6.45) is 3.93. The number of thiophene rings is 1. The van der Waals surface area contributed by atoms with Crippen molar-refractivity contribution in [1.82, 2.24) is 9.88 Å². The topological polar surface area (TPSA) is 54.8 Å². The summed E-state index contributed by atoms with van der Waals surface area (Å²) in [5, 5.41) is 9.84. The first-order chi connectivity index (χ1) is 28.3. The van der Waals surface area contributed by atoms with Gasteiger partial charge >= 0.3 is 0 Å². The van der Waals surface area contributed by atoms with Gasteiger partial charge in [0.25, 0.3) is 0 Å². The largest absolute Gasteiger partial charge is 0.460 e. The summed E-state index contributed by atoms with van der Waals surface area (Å²) in [6, 6.07) is 58.1. The molecule has 57 heavy (non-hydrogen) atoms. The second-order valence-electron chi connectivity index (χ2n) is 14.8. The van der Waals surface area contributed by atoms with Gasteiger partial charge in [-0.1, -0.05) is 146 Å². The molecule has 1 atom stereocenters. The van der Waals surface area contributed by atoms with Crippen molar-refractivity contribution in [3.8, 4) is 11.1 Å². The number of para-hydroxylation sites is 2. The van der Waals surface area contributed by atoms with E-state index in [2.05, 4.69) is 155 Å². The van der Waals surface area contributed by atoms with Gasteiger partial charge in [-0.3, -0.25) is 0 Å². The predicted octanol–water partition coefficient (Wildman–Crippen LogP) is 12.9. The number of aromatic nitrogens is 1. The Balaban J connectivity index is 1.05. The summed E-state index contributed by atoms with van der Waals surface area (Å²) in [6.45, 7) is 0. The molecule has 6 heteroatoms. The number of aryl methyl sites for hydroxylation is 1. The number of nitrogens with zero attached hydrogens (tertiary/aromatic N) is 3. The van der Waals surface area contributed by atoms with Crippen molar-refractivity contribution in [2.24, 2.45) is 9.98 Å². The number of hydrogen-bond acceptors (Lipinski definition) is 5. The van der Waals surface area contributed by atoms with Crippen molar-refractivity contribution in [3.63, 3.8) is 0 Å². The summed E-state index contributed by atoms with van der Waals surface area (Å²) >= 11 is 1.84. The normalized spacial score (nSPS) is 15.5. The van der Waals surface area contributed by atoms with Gasteiger partial charge in [-0.25, -0.2) is 9.98 Å². The molecule has 10 aromatic rings. The van der Waals surface area contributed by atoms with Crippen LogP contribution in [0.5, 0.6) is 0 Å². The van der Waals surface area contributed by atoms with Crippen LogP contribution in [-0.4, -0.2) is 16.2 Å². The molecule has 2 aliphatic rings. The van der Waals surface area contributed by atoms with Crippen LogP contribution in [0, 0.1) is 0 Å². The standard InChI is InChI=1S/C51H34N4OS/c1-3-15-31(16-4-1)49-52-50(32-17-5-2-6-18-32)54-51(53-49)39-25-12-24-38-37-23-11-22-36(47(37)57-48(38)39)35-21-13-29-43-45(35)46-42(28-14-30-44(46)56-43)55-40-26-9-7-19-33(40)34-20-8-10-27-41(34)55/h1-13,15-29,49H,14,30H2,(H,52,53,54). The lowest BCUT2D eigenvalue weighted by atomic mass is 9.92. The third-order valence-corrected chi connectivity index (χ3v) is 12.8. The van der Waals surface area contributed by atoms with E-state index in [1.54, 1.807) is 0 Å². The van der Waals surface area contributed by atoms with Gasteiger partial charge < -0.3 is 14.3 Å². The number of rotatable bonds is 5. The van der Waals surface area contributed by atoms with Crippen molar-refractivity contribution < 1.29 is 4.42 Å². The van der Waals surface area contributed by atoms with Crippen molar-refractivity contribution in [2.45, 2.75) is 19.0 Å². The predicted molar refractivity (Wildman–Crippen MR) is 238 cm³/mol. The second kappa shape index (κ2) is 12.8. The maximum Gasteiger partial charge on any atom is 0.159 e. The monoisotopic (exact) mass is 750 g/mol. The van der Waals surface area contributed by atoms with Crippen LogP contribution in [0.2, 0.25) is 0 Å². The molecule has 12 rings (SSSR count). The summed E-state index contributed by atoms with van der Waals surface area (Å²) < 4.78 is 11.7. The second-order valence-corrected chi connectivity index (χ2v) is 15.8. The molecule has 0 saturated heterocycles. The molecule has 0 saturated carbocycles. The van der Waals surface area contributed by atoms with Gasteiger partial charge in [0.1, 0.15) is 23.3 Å². The molecular formula is C51H34N4OS. The maximum absolute atomic E-state index is 6.78. The molecule has 1 unspecified atom stereocenters. The summed E-state index contributed by atoms with van der Waals surface area (Å²) in [4.78, 5) is 10.3.